The summed E-state index contributed by atoms with van der Waals surface area (Å²) in [6.45, 7) is 0.491. The van der Waals surface area contributed by atoms with Crippen LogP contribution in [0.15, 0.2) is 18.2 Å². The number of methoxy groups -OCH3 is 1. The molecule has 4 amide bonds. The van der Waals surface area contributed by atoms with Gasteiger partial charge >= 0.3 is 0 Å². The number of nitrogens with two attached hydrogens (primary N) is 1. The molecule has 29 heavy (non-hydrogen) atoms. The zero-order valence-electron chi connectivity index (χ0n) is 15.7. The van der Waals surface area contributed by atoms with Gasteiger partial charge in [0.25, 0.3) is 0 Å². The molecular formula is C19H21FN4O5. The molecule has 2 saturated heterocycles. The maximum absolute atomic E-state index is 14.0. The fourth-order valence-electron chi connectivity index (χ4n) is 4.81. The summed E-state index contributed by atoms with van der Waals surface area (Å²) in [5.74, 6) is -4.84. The second kappa shape index (κ2) is 6.89. The second-order valence-electron chi connectivity index (χ2n) is 7.55. The molecule has 2 fully saturated rings. The number of hydrogen-bond donors (Lipinski definition) is 3. The van der Waals surface area contributed by atoms with Crippen LogP contribution in [-0.4, -0.2) is 54.8 Å². The van der Waals surface area contributed by atoms with Crippen LogP contribution < -0.4 is 16.4 Å². The molecular weight excluding hydrogens is 383 g/mol. The van der Waals surface area contributed by atoms with Crippen LogP contribution >= 0.6 is 0 Å². The summed E-state index contributed by atoms with van der Waals surface area (Å²) >= 11 is 0. The van der Waals surface area contributed by atoms with Crippen molar-refractivity contribution < 1.29 is 28.3 Å². The maximum atomic E-state index is 14.0. The van der Waals surface area contributed by atoms with Crippen molar-refractivity contribution in [2.45, 2.75) is 24.4 Å². The van der Waals surface area contributed by atoms with Crippen LogP contribution in [0.1, 0.15) is 18.4 Å². The van der Waals surface area contributed by atoms with Crippen LogP contribution in [-0.2, 0) is 29.5 Å². The Balaban J connectivity index is 1.80. The number of primary amides is 1. The Morgan fingerprint density at radius 1 is 1.31 bits per heavy atom. The lowest BCUT2D eigenvalue weighted by Crippen LogP contribution is -2.53. The SMILES string of the molecule is COCCCN1C(=O)C2C(CC(N)=O)NC3(C(=O)Nc4ccc(F)cc43)C2C1=O. The van der Waals surface area contributed by atoms with Crippen molar-refractivity contribution in [3.05, 3.63) is 29.6 Å². The normalized spacial score (nSPS) is 30.1. The Hall–Kier alpha value is -2.85. The molecule has 0 bridgehead atoms. The van der Waals surface area contributed by atoms with Crippen molar-refractivity contribution in [3.8, 4) is 0 Å². The van der Waals surface area contributed by atoms with Gasteiger partial charge < -0.3 is 15.8 Å². The minimum absolute atomic E-state index is 0.134. The first-order valence-corrected chi connectivity index (χ1v) is 9.33. The molecule has 1 aromatic rings. The lowest BCUT2D eigenvalue weighted by Gasteiger charge is -2.29. The largest absolute Gasteiger partial charge is 0.385 e. The monoisotopic (exact) mass is 404 g/mol. The third kappa shape index (κ3) is 2.74. The molecule has 0 saturated carbocycles. The second-order valence-corrected chi connectivity index (χ2v) is 7.55. The zero-order valence-corrected chi connectivity index (χ0v) is 15.7. The van der Waals surface area contributed by atoms with Crippen LogP contribution in [0.4, 0.5) is 10.1 Å². The van der Waals surface area contributed by atoms with Gasteiger partial charge in [-0.05, 0) is 24.6 Å². The average Bonchev–Trinajstić information content (AvgIpc) is 3.22. The quantitative estimate of drug-likeness (QED) is 0.431. The summed E-state index contributed by atoms with van der Waals surface area (Å²) in [7, 11) is 1.51. The van der Waals surface area contributed by atoms with E-state index < -0.39 is 52.9 Å². The molecule has 154 valence electrons. The van der Waals surface area contributed by atoms with Gasteiger partial charge in [0.2, 0.25) is 23.6 Å². The fraction of sp³-hybridized carbons (Fsp3) is 0.474. The van der Waals surface area contributed by atoms with E-state index >= 15 is 0 Å². The first-order valence-electron chi connectivity index (χ1n) is 9.33. The number of ether oxygens (including phenoxy) is 1. The van der Waals surface area contributed by atoms with E-state index in [0.29, 0.717) is 18.7 Å². The number of anilines is 1. The van der Waals surface area contributed by atoms with Gasteiger partial charge in [-0.1, -0.05) is 0 Å². The number of likely N-dealkylation sites (tertiary alicyclic amines) is 1. The van der Waals surface area contributed by atoms with Crippen molar-refractivity contribution in [1.82, 2.24) is 10.2 Å². The van der Waals surface area contributed by atoms with Crippen LogP contribution in [0, 0.1) is 17.7 Å². The number of nitrogens with zero attached hydrogens (tertiary/aromatic N) is 1. The molecule has 4 atom stereocenters. The van der Waals surface area contributed by atoms with E-state index in [1.807, 2.05) is 0 Å². The van der Waals surface area contributed by atoms with Crippen molar-refractivity contribution in [2.24, 2.45) is 17.6 Å². The van der Waals surface area contributed by atoms with Gasteiger partial charge in [-0.25, -0.2) is 4.39 Å². The summed E-state index contributed by atoms with van der Waals surface area (Å²) < 4.78 is 19.0. The van der Waals surface area contributed by atoms with E-state index in [9.17, 15) is 23.6 Å². The van der Waals surface area contributed by atoms with Gasteiger partial charge in [-0.15, -0.1) is 0 Å². The van der Waals surface area contributed by atoms with E-state index in [-0.39, 0.29) is 18.5 Å². The van der Waals surface area contributed by atoms with E-state index in [1.54, 1.807) is 0 Å². The van der Waals surface area contributed by atoms with E-state index in [1.165, 1.54) is 25.3 Å². The Morgan fingerprint density at radius 3 is 2.76 bits per heavy atom. The minimum atomic E-state index is -1.63. The van der Waals surface area contributed by atoms with E-state index in [4.69, 9.17) is 10.5 Å². The highest BCUT2D eigenvalue weighted by atomic mass is 19.1. The summed E-state index contributed by atoms with van der Waals surface area (Å²) in [5.41, 5.74) is 4.32. The topological polar surface area (TPSA) is 131 Å². The van der Waals surface area contributed by atoms with Gasteiger partial charge in [0, 0.05) is 44.0 Å². The molecule has 4 N–H and O–H groups in total. The number of nitrogens with one attached hydrogen (secondary N) is 2. The molecule has 3 heterocycles. The zero-order chi connectivity index (χ0) is 20.9. The number of fused-ring (bicyclic) bond motifs is 4. The van der Waals surface area contributed by atoms with Crippen LogP contribution in [0.2, 0.25) is 0 Å². The highest BCUT2D eigenvalue weighted by molar-refractivity contribution is 6.15. The lowest BCUT2D eigenvalue weighted by molar-refractivity contribution is -0.143. The van der Waals surface area contributed by atoms with Gasteiger partial charge in [-0.2, -0.15) is 0 Å². The molecule has 10 heteroatoms. The molecule has 9 nitrogen and oxygen atoms in total. The summed E-state index contributed by atoms with van der Waals surface area (Å²) in [4.78, 5) is 52.1. The van der Waals surface area contributed by atoms with Gasteiger partial charge in [-0.3, -0.25) is 29.4 Å². The number of rotatable bonds is 6. The number of carbonyl (C=O) groups excluding carboxylic acids is 4. The third-order valence-electron chi connectivity index (χ3n) is 5.92. The maximum Gasteiger partial charge on any atom is 0.250 e. The number of benzene rings is 1. The molecule has 3 aliphatic heterocycles. The van der Waals surface area contributed by atoms with Crippen molar-refractivity contribution >= 4 is 29.3 Å². The standard InChI is InChI=1S/C19H21FN4O5/c1-29-6-2-5-24-16(26)14-12(8-13(21)25)23-19(15(14)17(24)27)10-7-9(20)3-4-11(10)22-18(19)28/h3-4,7,12,14-15,23H,2,5-6,8H2,1H3,(H2,21,25)(H,22,28). The highest BCUT2D eigenvalue weighted by Crippen LogP contribution is 2.53. The lowest BCUT2D eigenvalue weighted by atomic mass is 9.76. The Labute approximate surface area is 165 Å². The number of halogens is 1. The van der Waals surface area contributed by atoms with E-state index in [0.717, 1.165) is 4.90 Å². The number of amides is 4. The third-order valence-corrected chi connectivity index (χ3v) is 5.92. The predicted octanol–water partition coefficient (Wildman–Crippen LogP) is -0.542. The van der Waals surface area contributed by atoms with Crippen LogP contribution in [0.5, 0.6) is 0 Å². The Kier molecular flexibility index (Phi) is 4.62. The first-order chi connectivity index (χ1) is 13.8. The van der Waals surface area contributed by atoms with Crippen molar-refractivity contribution in [3.63, 3.8) is 0 Å². The van der Waals surface area contributed by atoms with Crippen LogP contribution in [0.3, 0.4) is 0 Å². The molecule has 3 aliphatic rings. The molecule has 0 aliphatic carbocycles. The summed E-state index contributed by atoms with van der Waals surface area (Å²) in [6, 6.07) is 2.97. The molecule has 0 aromatic heterocycles. The molecule has 0 radical (unpaired) electrons. The highest BCUT2D eigenvalue weighted by Gasteiger charge is 2.70. The Bertz CT molecular complexity index is 922. The number of carbonyl (C=O) groups is 4. The van der Waals surface area contributed by atoms with Gasteiger partial charge in [0.05, 0.1) is 11.8 Å². The van der Waals surface area contributed by atoms with Crippen molar-refractivity contribution in [2.75, 3.05) is 25.6 Å². The van der Waals surface area contributed by atoms with Crippen LogP contribution in [0.25, 0.3) is 0 Å². The smallest absolute Gasteiger partial charge is 0.250 e. The summed E-state index contributed by atoms with van der Waals surface area (Å²) in [6.07, 6.45) is 0.206. The summed E-state index contributed by atoms with van der Waals surface area (Å²) in [5, 5.41) is 5.67. The molecule has 4 unspecified atom stereocenters. The van der Waals surface area contributed by atoms with E-state index in [2.05, 4.69) is 10.6 Å². The van der Waals surface area contributed by atoms with Gasteiger partial charge in [0.1, 0.15) is 11.4 Å². The molecule has 4 rings (SSSR count). The predicted molar refractivity (Wildman–Crippen MR) is 97.6 cm³/mol. The molecule has 1 spiro atoms. The Morgan fingerprint density at radius 2 is 2.07 bits per heavy atom. The van der Waals surface area contributed by atoms with Gasteiger partial charge in [0.15, 0.2) is 0 Å². The minimum Gasteiger partial charge on any atom is -0.385 e. The number of hydrogen-bond acceptors (Lipinski definition) is 6. The molecule has 1 aromatic carbocycles. The average molecular weight is 404 g/mol. The number of imide groups is 1. The first kappa shape index (κ1) is 19.5. The van der Waals surface area contributed by atoms with Crippen molar-refractivity contribution in [1.29, 1.82) is 0 Å². The fourth-order valence-corrected chi connectivity index (χ4v) is 4.81.